The van der Waals surface area contributed by atoms with Gasteiger partial charge in [-0.25, -0.2) is 4.79 Å². The summed E-state index contributed by atoms with van der Waals surface area (Å²) in [4.78, 5) is 34.1. The van der Waals surface area contributed by atoms with Gasteiger partial charge in [0.2, 0.25) is 5.91 Å². The summed E-state index contributed by atoms with van der Waals surface area (Å²) < 4.78 is 0. The number of hydrogen-bond acceptors (Lipinski definition) is 5. The topological polar surface area (TPSA) is 131 Å². The van der Waals surface area contributed by atoms with Crippen molar-refractivity contribution in [1.29, 1.82) is 5.26 Å². The molecular weight excluding hydrogens is 348 g/mol. The number of carbonyl (C=O) groups is 3. The highest BCUT2D eigenvalue weighted by Crippen LogP contribution is 2.15. The lowest BCUT2D eigenvalue weighted by Crippen LogP contribution is -2.15. The molecule has 0 aliphatic heterocycles. The van der Waals surface area contributed by atoms with Crippen molar-refractivity contribution in [2.45, 2.75) is 6.92 Å². The maximum Gasteiger partial charge on any atom is 0.335 e. The fourth-order valence-electron chi connectivity index (χ4n) is 2.09. The summed E-state index contributed by atoms with van der Waals surface area (Å²) in [6, 6.07) is 14.2. The lowest BCUT2D eigenvalue weighted by molar-refractivity contribution is -0.114. The van der Waals surface area contributed by atoms with Gasteiger partial charge in [0.25, 0.3) is 5.91 Å². The number of carbonyl (C=O) groups excluding carboxylic acids is 2. The van der Waals surface area contributed by atoms with Crippen LogP contribution in [0.2, 0.25) is 0 Å². The van der Waals surface area contributed by atoms with E-state index in [4.69, 9.17) is 5.11 Å². The Kier molecular flexibility index (Phi) is 6.28. The Morgan fingerprint density at radius 1 is 1.00 bits per heavy atom. The van der Waals surface area contributed by atoms with Crippen molar-refractivity contribution in [1.82, 2.24) is 0 Å². The molecule has 0 fully saturated rings. The van der Waals surface area contributed by atoms with E-state index in [-0.39, 0.29) is 22.7 Å². The van der Waals surface area contributed by atoms with Gasteiger partial charge in [-0.2, -0.15) is 5.26 Å². The molecule has 2 aromatic rings. The molecule has 0 saturated carbocycles. The number of amides is 2. The number of nitrogens with one attached hydrogen (secondary N) is 3. The molecule has 0 saturated heterocycles. The molecule has 2 aromatic carbocycles. The molecule has 8 heteroatoms. The molecule has 0 bridgehead atoms. The van der Waals surface area contributed by atoms with E-state index in [1.165, 1.54) is 37.4 Å². The number of hydrogen-bond donors (Lipinski definition) is 4. The normalized spacial score (nSPS) is 10.4. The van der Waals surface area contributed by atoms with Crippen LogP contribution in [0.4, 0.5) is 17.1 Å². The standard InChI is InChI=1S/C19H16N4O4/c1-12(24)22-16-7-5-15(6-8-16)21-11-14(10-20)18(25)23-17-4-2-3-13(9-17)19(26)27/h2-9,11,21H,1H3,(H,22,24)(H,23,25)(H,26,27)/b14-11-. The van der Waals surface area contributed by atoms with Crippen LogP contribution in [0.15, 0.2) is 60.3 Å². The molecule has 0 radical (unpaired) electrons. The summed E-state index contributed by atoms with van der Waals surface area (Å²) in [5.74, 6) is -1.99. The maximum absolute atomic E-state index is 12.2. The van der Waals surface area contributed by atoms with E-state index in [0.717, 1.165) is 0 Å². The van der Waals surface area contributed by atoms with Crippen LogP contribution in [0.3, 0.4) is 0 Å². The van der Waals surface area contributed by atoms with Crippen molar-refractivity contribution in [2.75, 3.05) is 16.0 Å². The van der Waals surface area contributed by atoms with E-state index in [2.05, 4.69) is 16.0 Å². The Morgan fingerprint density at radius 2 is 1.67 bits per heavy atom. The summed E-state index contributed by atoms with van der Waals surface area (Å²) in [5.41, 5.74) is 1.32. The highest BCUT2D eigenvalue weighted by molar-refractivity contribution is 6.07. The van der Waals surface area contributed by atoms with Crippen molar-refractivity contribution in [3.8, 4) is 6.07 Å². The average Bonchev–Trinajstić information content (AvgIpc) is 2.63. The molecule has 0 aromatic heterocycles. The molecule has 0 aliphatic carbocycles. The fourth-order valence-corrected chi connectivity index (χ4v) is 2.09. The fraction of sp³-hybridized carbons (Fsp3) is 0.0526. The van der Waals surface area contributed by atoms with Crippen molar-refractivity contribution < 1.29 is 19.5 Å². The minimum absolute atomic E-state index is 0.0210. The van der Waals surface area contributed by atoms with E-state index in [1.54, 1.807) is 30.3 Å². The van der Waals surface area contributed by atoms with Gasteiger partial charge in [-0.15, -0.1) is 0 Å². The molecule has 8 nitrogen and oxygen atoms in total. The van der Waals surface area contributed by atoms with Crippen LogP contribution >= 0.6 is 0 Å². The van der Waals surface area contributed by atoms with E-state index >= 15 is 0 Å². The van der Waals surface area contributed by atoms with Gasteiger partial charge in [0.1, 0.15) is 11.6 Å². The van der Waals surface area contributed by atoms with E-state index < -0.39 is 11.9 Å². The first kappa shape index (κ1) is 19.2. The molecule has 0 heterocycles. The molecule has 27 heavy (non-hydrogen) atoms. The van der Waals surface area contributed by atoms with Crippen LogP contribution < -0.4 is 16.0 Å². The monoisotopic (exact) mass is 364 g/mol. The van der Waals surface area contributed by atoms with Crippen molar-refractivity contribution >= 4 is 34.8 Å². The molecule has 0 spiro atoms. The first-order valence-corrected chi connectivity index (χ1v) is 7.78. The number of benzene rings is 2. The minimum Gasteiger partial charge on any atom is -0.478 e. The number of rotatable bonds is 6. The van der Waals surface area contributed by atoms with Crippen molar-refractivity contribution in [2.24, 2.45) is 0 Å². The third kappa shape index (κ3) is 5.72. The van der Waals surface area contributed by atoms with Gasteiger partial charge in [-0.05, 0) is 42.5 Å². The van der Waals surface area contributed by atoms with Gasteiger partial charge in [0.15, 0.2) is 0 Å². The molecule has 0 aliphatic rings. The quantitative estimate of drug-likeness (QED) is 0.460. The molecular formula is C19H16N4O4. The number of carboxylic acids is 1. The molecule has 0 unspecified atom stereocenters. The summed E-state index contributed by atoms with van der Waals surface area (Å²) in [6.45, 7) is 1.40. The first-order valence-electron chi connectivity index (χ1n) is 7.78. The predicted molar refractivity (Wildman–Crippen MR) is 100 cm³/mol. The number of nitrogens with zero attached hydrogens (tertiary/aromatic N) is 1. The van der Waals surface area contributed by atoms with Crippen LogP contribution in [0.5, 0.6) is 0 Å². The van der Waals surface area contributed by atoms with Crippen LogP contribution in [0.25, 0.3) is 0 Å². The van der Waals surface area contributed by atoms with Gasteiger partial charge in [0.05, 0.1) is 5.56 Å². The highest BCUT2D eigenvalue weighted by atomic mass is 16.4. The summed E-state index contributed by atoms with van der Waals surface area (Å²) in [6.07, 6.45) is 1.24. The Morgan fingerprint density at radius 3 is 2.26 bits per heavy atom. The predicted octanol–water partition coefficient (Wildman–Crippen LogP) is 2.80. The Hall–Kier alpha value is -4.12. The Labute approximate surface area is 155 Å². The Bertz CT molecular complexity index is 943. The zero-order valence-corrected chi connectivity index (χ0v) is 14.3. The molecule has 2 amide bonds. The molecule has 2 rings (SSSR count). The van der Waals surface area contributed by atoms with Gasteiger partial charge in [-0.3, -0.25) is 9.59 Å². The maximum atomic E-state index is 12.2. The molecule has 4 N–H and O–H groups in total. The lowest BCUT2D eigenvalue weighted by atomic mass is 10.2. The second-order valence-electron chi connectivity index (χ2n) is 5.41. The van der Waals surface area contributed by atoms with Crippen molar-refractivity contribution in [3.05, 3.63) is 65.9 Å². The van der Waals surface area contributed by atoms with Crippen LogP contribution in [0, 0.1) is 11.3 Å². The summed E-state index contributed by atoms with van der Waals surface area (Å²) in [5, 5.41) is 26.1. The summed E-state index contributed by atoms with van der Waals surface area (Å²) >= 11 is 0. The van der Waals surface area contributed by atoms with E-state index in [9.17, 15) is 19.6 Å². The number of anilines is 3. The number of carboxylic acid groups (broad SMARTS) is 1. The first-order chi connectivity index (χ1) is 12.9. The molecule has 0 atom stereocenters. The largest absolute Gasteiger partial charge is 0.478 e. The highest BCUT2D eigenvalue weighted by Gasteiger charge is 2.11. The lowest BCUT2D eigenvalue weighted by Gasteiger charge is -2.07. The van der Waals surface area contributed by atoms with Crippen molar-refractivity contribution in [3.63, 3.8) is 0 Å². The SMILES string of the molecule is CC(=O)Nc1ccc(N/C=C(/C#N)C(=O)Nc2cccc(C(=O)O)c2)cc1. The van der Waals surface area contributed by atoms with Gasteiger partial charge < -0.3 is 21.1 Å². The second-order valence-corrected chi connectivity index (χ2v) is 5.41. The van der Waals surface area contributed by atoms with Crippen LogP contribution in [-0.2, 0) is 9.59 Å². The zero-order valence-electron chi connectivity index (χ0n) is 14.3. The second kappa shape index (κ2) is 8.82. The van der Waals surface area contributed by atoms with Gasteiger partial charge in [0, 0.05) is 30.2 Å². The molecule has 136 valence electrons. The summed E-state index contributed by atoms with van der Waals surface area (Å²) in [7, 11) is 0. The van der Waals surface area contributed by atoms with Crippen LogP contribution in [0.1, 0.15) is 17.3 Å². The number of nitriles is 1. The van der Waals surface area contributed by atoms with E-state index in [0.29, 0.717) is 11.4 Å². The third-order valence-electron chi connectivity index (χ3n) is 3.32. The van der Waals surface area contributed by atoms with Crippen LogP contribution in [-0.4, -0.2) is 22.9 Å². The van der Waals surface area contributed by atoms with Gasteiger partial charge >= 0.3 is 5.97 Å². The van der Waals surface area contributed by atoms with Gasteiger partial charge in [-0.1, -0.05) is 6.07 Å². The third-order valence-corrected chi connectivity index (χ3v) is 3.32. The van der Waals surface area contributed by atoms with E-state index in [1.807, 2.05) is 0 Å². The zero-order chi connectivity index (χ0) is 19.8. The number of aromatic carboxylic acids is 1. The average molecular weight is 364 g/mol. The smallest absolute Gasteiger partial charge is 0.335 e. The minimum atomic E-state index is -1.12. The Balaban J connectivity index is 2.06.